The van der Waals surface area contributed by atoms with Crippen molar-refractivity contribution in [1.82, 2.24) is 19.1 Å². The molecule has 0 aliphatic heterocycles. The molecule has 0 fully saturated rings. The maximum absolute atomic E-state index is 6.86. The largest absolute Gasteiger partial charge is 0.310 e. The van der Waals surface area contributed by atoms with Crippen LogP contribution in [0.1, 0.15) is 31.2 Å². The third-order valence-corrected chi connectivity index (χ3v) is 9.54. The van der Waals surface area contributed by atoms with Gasteiger partial charge >= 0.3 is 0 Å². The summed E-state index contributed by atoms with van der Waals surface area (Å²) >= 11 is 6.86. The van der Waals surface area contributed by atoms with Gasteiger partial charge in [0.25, 0.3) is 0 Å². The fourth-order valence-electron chi connectivity index (χ4n) is 7.12. The Labute approximate surface area is 259 Å². The van der Waals surface area contributed by atoms with Crippen LogP contribution in [0.25, 0.3) is 67.4 Å². The summed E-state index contributed by atoms with van der Waals surface area (Å²) < 4.78 is 4.64. The highest BCUT2D eigenvalue weighted by Crippen LogP contribution is 2.36. The Morgan fingerprint density at radius 2 is 1.41 bits per heavy atom. The Bertz CT molecular complexity index is 2490. The molecular weight excluding hydrogens is 560 g/mol. The lowest BCUT2D eigenvalue weighted by Gasteiger charge is -2.18. The normalized spacial score (nSPS) is 18.0. The number of aromatic nitrogens is 4. The van der Waals surface area contributed by atoms with E-state index in [1.165, 1.54) is 43.7 Å². The standard InChI is InChI=1S/C39H29ClN4/c1-24-14-18-27(19-15-24)43-34-12-6-2-8-28(34)30-20-16-25(22-36(30)43)26-17-21-31-29-9-3-7-13-35(29)44(37(31)23-26)39-38(40)41-32-10-4-5-11-33(32)42-39/h2-14,16,18-24,26H,15,17H2,1H3. The van der Waals surface area contributed by atoms with Crippen LogP contribution in [-0.2, 0) is 0 Å². The van der Waals surface area contributed by atoms with Crippen molar-refractivity contribution >= 4 is 73.2 Å². The van der Waals surface area contributed by atoms with Crippen molar-refractivity contribution in [1.29, 1.82) is 0 Å². The van der Waals surface area contributed by atoms with Gasteiger partial charge in [0.15, 0.2) is 11.0 Å². The van der Waals surface area contributed by atoms with Crippen LogP contribution < -0.4 is 10.6 Å². The van der Waals surface area contributed by atoms with E-state index in [0.29, 0.717) is 16.9 Å². The topological polar surface area (TPSA) is 35.6 Å². The van der Waals surface area contributed by atoms with Crippen molar-refractivity contribution in [2.24, 2.45) is 5.92 Å². The van der Waals surface area contributed by atoms with Crippen molar-refractivity contribution in [3.8, 4) is 5.82 Å². The minimum absolute atomic E-state index is 0.199. The third kappa shape index (κ3) is 3.84. The van der Waals surface area contributed by atoms with E-state index in [4.69, 9.17) is 21.6 Å². The van der Waals surface area contributed by atoms with Crippen LogP contribution >= 0.6 is 11.6 Å². The highest BCUT2D eigenvalue weighted by atomic mass is 35.5. The average Bonchev–Trinajstić information content (AvgIpc) is 3.57. The molecule has 0 spiro atoms. The number of para-hydroxylation sites is 4. The molecule has 0 saturated carbocycles. The molecule has 212 valence electrons. The highest BCUT2D eigenvalue weighted by molar-refractivity contribution is 6.31. The van der Waals surface area contributed by atoms with Gasteiger partial charge in [-0.3, -0.25) is 4.57 Å². The van der Waals surface area contributed by atoms with Crippen molar-refractivity contribution in [2.75, 3.05) is 0 Å². The van der Waals surface area contributed by atoms with Crippen molar-refractivity contribution in [2.45, 2.75) is 25.7 Å². The lowest BCUT2D eigenvalue weighted by atomic mass is 9.91. The SMILES string of the molecule is CC1C=CC(n2c3ccccc3c3ccc(C4C=c5c(c6ccccc6n5-c5nc6ccccc6nc5Cl)=CC4)cc32)=CC1. The van der Waals surface area contributed by atoms with Crippen molar-refractivity contribution in [3.63, 3.8) is 0 Å². The average molecular weight is 589 g/mol. The van der Waals surface area contributed by atoms with E-state index in [-0.39, 0.29) is 5.92 Å². The molecule has 4 nitrogen and oxygen atoms in total. The highest BCUT2D eigenvalue weighted by Gasteiger charge is 2.21. The smallest absolute Gasteiger partial charge is 0.176 e. The fourth-order valence-corrected chi connectivity index (χ4v) is 7.33. The van der Waals surface area contributed by atoms with E-state index >= 15 is 0 Å². The maximum atomic E-state index is 6.86. The summed E-state index contributed by atoms with van der Waals surface area (Å²) in [7, 11) is 0. The summed E-state index contributed by atoms with van der Waals surface area (Å²) in [6, 6.07) is 32.2. The zero-order chi connectivity index (χ0) is 29.4. The van der Waals surface area contributed by atoms with Crippen LogP contribution in [0.2, 0.25) is 5.15 Å². The first-order valence-corrected chi connectivity index (χ1v) is 15.7. The molecule has 0 bridgehead atoms. The summed E-state index contributed by atoms with van der Waals surface area (Å²) in [5.41, 5.74) is 7.74. The van der Waals surface area contributed by atoms with E-state index in [2.05, 4.69) is 113 Å². The zero-order valence-electron chi connectivity index (χ0n) is 24.3. The number of benzene rings is 4. The molecule has 0 radical (unpaired) electrons. The van der Waals surface area contributed by atoms with Crippen LogP contribution in [0.3, 0.4) is 0 Å². The first-order valence-electron chi connectivity index (χ1n) is 15.3. The summed E-state index contributed by atoms with van der Waals surface area (Å²) in [5, 5.41) is 6.50. The number of hydrogen-bond donors (Lipinski definition) is 0. The molecule has 0 N–H and O–H groups in total. The molecule has 0 amide bonds. The number of fused-ring (bicyclic) bond motifs is 7. The Morgan fingerprint density at radius 1 is 0.705 bits per heavy atom. The molecule has 7 aromatic rings. The second kappa shape index (κ2) is 9.80. The van der Waals surface area contributed by atoms with E-state index in [9.17, 15) is 0 Å². The molecule has 5 heteroatoms. The predicted octanol–water partition coefficient (Wildman–Crippen LogP) is 8.52. The Morgan fingerprint density at radius 3 is 2.20 bits per heavy atom. The summed E-state index contributed by atoms with van der Waals surface area (Å²) in [6.07, 6.45) is 13.7. The fraction of sp³-hybridized carbons (Fsp3) is 0.128. The van der Waals surface area contributed by atoms with E-state index in [0.717, 1.165) is 34.7 Å². The molecule has 3 heterocycles. The van der Waals surface area contributed by atoms with Crippen LogP contribution in [0.4, 0.5) is 0 Å². The van der Waals surface area contributed by atoms with Gasteiger partial charge in [0.2, 0.25) is 0 Å². The van der Waals surface area contributed by atoms with Gasteiger partial charge in [0, 0.05) is 33.0 Å². The third-order valence-electron chi connectivity index (χ3n) is 9.29. The number of halogens is 1. The Balaban J connectivity index is 1.26. The number of nitrogens with zero attached hydrogens (tertiary/aromatic N) is 4. The summed E-state index contributed by atoms with van der Waals surface area (Å²) in [5.74, 6) is 1.43. The van der Waals surface area contributed by atoms with Crippen LogP contribution in [-0.4, -0.2) is 19.1 Å². The van der Waals surface area contributed by atoms with E-state index in [1.807, 2.05) is 24.3 Å². The predicted molar refractivity (Wildman–Crippen MR) is 184 cm³/mol. The van der Waals surface area contributed by atoms with Gasteiger partial charge < -0.3 is 4.57 Å². The molecule has 9 rings (SSSR count). The number of rotatable bonds is 3. The van der Waals surface area contributed by atoms with Gasteiger partial charge in [0.05, 0.1) is 32.9 Å². The minimum atomic E-state index is 0.199. The summed E-state index contributed by atoms with van der Waals surface area (Å²) in [4.78, 5) is 9.75. The van der Waals surface area contributed by atoms with Gasteiger partial charge in [0.1, 0.15) is 0 Å². The van der Waals surface area contributed by atoms with Crippen molar-refractivity contribution < 1.29 is 0 Å². The van der Waals surface area contributed by atoms with Gasteiger partial charge in [-0.2, -0.15) is 0 Å². The van der Waals surface area contributed by atoms with Gasteiger partial charge in [-0.15, -0.1) is 0 Å². The summed E-state index contributed by atoms with van der Waals surface area (Å²) in [6.45, 7) is 2.27. The molecule has 44 heavy (non-hydrogen) atoms. The van der Waals surface area contributed by atoms with Gasteiger partial charge in [-0.05, 0) is 60.7 Å². The second-order valence-electron chi connectivity index (χ2n) is 12.0. The minimum Gasteiger partial charge on any atom is -0.310 e. The first-order chi connectivity index (χ1) is 21.6. The quantitative estimate of drug-likeness (QED) is 0.207. The van der Waals surface area contributed by atoms with Crippen LogP contribution in [0.15, 0.2) is 109 Å². The first kappa shape index (κ1) is 25.6. The molecule has 0 saturated heterocycles. The number of allylic oxidation sites excluding steroid dienone is 4. The van der Waals surface area contributed by atoms with Gasteiger partial charge in [-0.25, -0.2) is 9.97 Å². The number of hydrogen-bond acceptors (Lipinski definition) is 2. The molecule has 2 atom stereocenters. The van der Waals surface area contributed by atoms with Crippen LogP contribution in [0, 0.1) is 5.92 Å². The van der Waals surface area contributed by atoms with Crippen LogP contribution in [0.5, 0.6) is 0 Å². The molecule has 2 unspecified atom stereocenters. The van der Waals surface area contributed by atoms with Crippen molar-refractivity contribution in [3.05, 3.63) is 131 Å². The monoisotopic (exact) mass is 588 g/mol. The molecule has 2 aliphatic rings. The van der Waals surface area contributed by atoms with Gasteiger partial charge in [-0.1, -0.05) is 103 Å². The molecule has 4 aromatic carbocycles. The lowest BCUT2D eigenvalue weighted by molar-refractivity contribution is 0.735. The Kier molecular flexibility index (Phi) is 5.69. The molecule has 2 aliphatic carbocycles. The molecular formula is C39H29ClN4. The zero-order valence-corrected chi connectivity index (χ0v) is 25.0. The van der Waals surface area contributed by atoms with E-state index < -0.39 is 0 Å². The lowest BCUT2D eigenvalue weighted by Crippen LogP contribution is -2.32. The molecule has 3 aromatic heterocycles. The second-order valence-corrected chi connectivity index (χ2v) is 12.4. The Hall–Kier alpha value is -4.93. The van der Waals surface area contributed by atoms with E-state index in [1.54, 1.807) is 0 Å². The maximum Gasteiger partial charge on any atom is 0.176 e.